The van der Waals surface area contributed by atoms with E-state index in [-0.39, 0.29) is 23.9 Å². The van der Waals surface area contributed by atoms with E-state index in [4.69, 9.17) is 9.47 Å². The summed E-state index contributed by atoms with van der Waals surface area (Å²) in [6.45, 7) is 4.66. The van der Waals surface area contributed by atoms with Gasteiger partial charge in [-0.05, 0) is 44.4 Å². The highest BCUT2D eigenvalue weighted by atomic mass is 16.5. The Balaban J connectivity index is 1.65. The van der Waals surface area contributed by atoms with Crippen molar-refractivity contribution in [3.63, 3.8) is 0 Å². The number of likely N-dealkylation sites (tertiary alicyclic amines) is 2. The zero-order valence-corrected chi connectivity index (χ0v) is 17.8. The lowest BCUT2D eigenvalue weighted by molar-refractivity contribution is -0.133. The molecule has 0 saturated carbocycles. The van der Waals surface area contributed by atoms with Crippen LogP contribution >= 0.6 is 0 Å². The molecule has 3 rings (SSSR count). The largest absolute Gasteiger partial charge is 0.497 e. The Kier molecular flexibility index (Phi) is 7.36. The highest BCUT2D eigenvalue weighted by molar-refractivity contribution is 5.79. The fraction of sp³-hybridized carbons (Fsp3) is 0.636. The maximum atomic E-state index is 13.1. The molecule has 1 N–H and O–H groups in total. The van der Waals surface area contributed by atoms with E-state index in [0.717, 1.165) is 62.4 Å². The smallest absolute Gasteiger partial charge is 0.237 e. The monoisotopic (exact) mass is 403 g/mol. The second kappa shape index (κ2) is 9.96. The van der Waals surface area contributed by atoms with Crippen LogP contribution in [0.1, 0.15) is 50.6 Å². The molecule has 2 aliphatic rings. The first-order valence-corrected chi connectivity index (χ1v) is 10.6. The van der Waals surface area contributed by atoms with Gasteiger partial charge in [0.2, 0.25) is 11.8 Å². The molecule has 2 heterocycles. The number of carbonyl (C=O) groups is 2. The lowest BCUT2D eigenvalue weighted by Gasteiger charge is -2.34. The summed E-state index contributed by atoms with van der Waals surface area (Å²) in [7, 11) is 3.28. The van der Waals surface area contributed by atoms with E-state index in [2.05, 4.69) is 10.2 Å². The Morgan fingerprint density at radius 1 is 1.14 bits per heavy atom. The van der Waals surface area contributed by atoms with Crippen LogP contribution in [-0.2, 0) is 9.59 Å². The lowest BCUT2D eigenvalue weighted by atomic mass is 10.0. The number of hydrogen-bond acceptors (Lipinski definition) is 5. The van der Waals surface area contributed by atoms with Gasteiger partial charge >= 0.3 is 0 Å². The molecule has 2 fully saturated rings. The number of amides is 2. The minimum Gasteiger partial charge on any atom is -0.497 e. The average Bonchev–Trinajstić information content (AvgIpc) is 3.23. The van der Waals surface area contributed by atoms with Gasteiger partial charge in [-0.15, -0.1) is 0 Å². The third-order valence-corrected chi connectivity index (χ3v) is 5.92. The molecule has 0 radical (unpaired) electrons. The van der Waals surface area contributed by atoms with Crippen LogP contribution in [0.5, 0.6) is 11.5 Å². The fourth-order valence-corrected chi connectivity index (χ4v) is 4.41. The van der Waals surface area contributed by atoms with Crippen LogP contribution in [0, 0.1) is 0 Å². The quantitative estimate of drug-likeness (QED) is 0.757. The van der Waals surface area contributed by atoms with E-state index in [1.165, 1.54) is 0 Å². The van der Waals surface area contributed by atoms with Gasteiger partial charge in [-0.2, -0.15) is 0 Å². The molecule has 0 aromatic heterocycles. The van der Waals surface area contributed by atoms with Crippen molar-refractivity contribution in [3.05, 3.63) is 23.8 Å². The minimum atomic E-state index is 0.0312. The predicted octanol–water partition coefficient (Wildman–Crippen LogP) is 2.36. The third-order valence-electron chi connectivity index (χ3n) is 5.92. The minimum absolute atomic E-state index is 0.0312. The number of hydrogen-bond donors (Lipinski definition) is 1. The Bertz CT molecular complexity index is 724. The SMILES string of the molecule is CCC(=O)NC1CCCN(CC(=O)N2CCCC2c2ccc(OC)cc2OC)C1. The third kappa shape index (κ3) is 5.21. The van der Waals surface area contributed by atoms with Gasteiger partial charge in [0, 0.05) is 37.2 Å². The Hall–Kier alpha value is -2.28. The summed E-state index contributed by atoms with van der Waals surface area (Å²) in [5.74, 6) is 1.73. The molecule has 2 unspecified atom stereocenters. The molecule has 1 aromatic carbocycles. The molecule has 2 amide bonds. The summed E-state index contributed by atoms with van der Waals surface area (Å²) in [4.78, 5) is 29.0. The van der Waals surface area contributed by atoms with Crippen molar-refractivity contribution in [2.75, 3.05) is 40.4 Å². The number of carbonyl (C=O) groups excluding carboxylic acids is 2. The first-order valence-electron chi connectivity index (χ1n) is 10.6. The number of nitrogens with zero attached hydrogens (tertiary/aromatic N) is 2. The van der Waals surface area contributed by atoms with Crippen LogP contribution in [0.3, 0.4) is 0 Å². The molecule has 2 saturated heterocycles. The number of nitrogens with one attached hydrogen (secondary N) is 1. The fourth-order valence-electron chi connectivity index (χ4n) is 4.41. The van der Waals surface area contributed by atoms with E-state index in [9.17, 15) is 9.59 Å². The topological polar surface area (TPSA) is 71.1 Å². The maximum absolute atomic E-state index is 13.1. The summed E-state index contributed by atoms with van der Waals surface area (Å²) in [5.41, 5.74) is 1.03. The Morgan fingerprint density at radius 3 is 2.66 bits per heavy atom. The van der Waals surface area contributed by atoms with Gasteiger partial charge in [-0.1, -0.05) is 6.92 Å². The van der Waals surface area contributed by atoms with Crippen molar-refractivity contribution < 1.29 is 19.1 Å². The molecular weight excluding hydrogens is 370 g/mol. The van der Waals surface area contributed by atoms with Crippen LogP contribution in [0.2, 0.25) is 0 Å². The standard InChI is InChI=1S/C22H33N3O4/c1-4-21(26)23-16-7-5-11-24(14-16)15-22(27)25-12-6-8-19(25)18-10-9-17(28-2)13-20(18)29-3/h9-10,13,16,19H,4-8,11-12,14-15H2,1-3H3,(H,23,26). The van der Waals surface area contributed by atoms with Gasteiger partial charge in [-0.3, -0.25) is 14.5 Å². The van der Waals surface area contributed by atoms with Crippen LogP contribution < -0.4 is 14.8 Å². The number of ether oxygens (including phenoxy) is 2. The van der Waals surface area contributed by atoms with Gasteiger partial charge in [0.15, 0.2) is 0 Å². The Morgan fingerprint density at radius 2 is 1.93 bits per heavy atom. The number of benzene rings is 1. The van der Waals surface area contributed by atoms with Gasteiger partial charge in [-0.25, -0.2) is 0 Å². The molecule has 1 aromatic rings. The molecule has 7 heteroatoms. The molecule has 0 spiro atoms. The molecular formula is C22H33N3O4. The summed E-state index contributed by atoms with van der Waals surface area (Å²) in [6.07, 6.45) is 4.39. The molecule has 2 aliphatic heterocycles. The van der Waals surface area contributed by atoms with Crippen molar-refractivity contribution in [2.24, 2.45) is 0 Å². The molecule has 0 aliphatic carbocycles. The van der Waals surface area contributed by atoms with Crippen LogP contribution in [0.25, 0.3) is 0 Å². The normalized spacial score (nSPS) is 22.4. The maximum Gasteiger partial charge on any atom is 0.237 e. The summed E-state index contributed by atoms with van der Waals surface area (Å²) in [6, 6.07) is 5.97. The van der Waals surface area contributed by atoms with Crippen LogP contribution in [0.4, 0.5) is 0 Å². The van der Waals surface area contributed by atoms with Gasteiger partial charge in [0.25, 0.3) is 0 Å². The van der Waals surface area contributed by atoms with Crippen molar-refractivity contribution in [3.8, 4) is 11.5 Å². The lowest BCUT2D eigenvalue weighted by Crippen LogP contribution is -2.50. The first-order chi connectivity index (χ1) is 14.0. The van der Waals surface area contributed by atoms with E-state index in [1.54, 1.807) is 14.2 Å². The van der Waals surface area contributed by atoms with Gasteiger partial charge < -0.3 is 19.7 Å². The van der Waals surface area contributed by atoms with E-state index in [1.807, 2.05) is 30.0 Å². The second-order valence-electron chi connectivity index (χ2n) is 7.85. The van der Waals surface area contributed by atoms with E-state index < -0.39 is 0 Å². The summed E-state index contributed by atoms with van der Waals surface area (Å²) in [5, 5.41) is 3.07. The highest BCUT2D eigenvalue weighted by Gasteiger charge is 2.33. The van der Waals surface area contributed by atoms with Crippen molar-refractivity contribution in [2.45, 2.75) is 51.1 Å². The zero-order valence-electron chi connectivity index (χ0n) is 17.8. The molecule has 2 atom stereocenters. The van der Waals surface area contributed by atoms with Crippen LogP contribution in [-0.4, -0.2) is 68.1 Å². The summed E-state index contributed by atoms with van der Waals surface area (Å²) >= 11 is 0. The molecule has 7 nitrogen and oxygen atoms in total. The number of piperidine rings is 1. The van der Waals surface area contributed by atoms with E-state index in [0.29, 0.717) is 13.0 Å². The van der Waals surface area contributed by atoms with Crippen molar-refractivity contribution in [1.82, 2.24) is 15.1 Å². The number of methoxy groups -OCH3 is 2. The Labute approximate surface area is 173 Å². The molecule has 29 heavy (non-hydrogen) atoms. The van der Waals surface area contributed by atoms with Gasteiger partial charge in [0.05, 0.1) is 26.8 Å². The van der Waals surface area contributed by atoms with Crippen LogP contribution in [0.15, 0.2) is 18.2 Å². The van der Waals surface area contributed by atoms with Crippen molar-refractivity contribution >= 4 is 11.8 Å². The molecule has 160 valence electrons. The van der Waals surface area contributed by atoms with E-state index >= 15 is 0 Å². The average molecular weight is 404 g/mol. The zero-order chi connectivity index (χ0) is 20.8. The summed E-state index contributed by atoms with van der Waals surface area (Å²) < 4.78 is 10.9. The number of rotatable bonds is 7. The van der Waals surface area contributed by atoms with Gasteiger partial charge in [0.1, 0.15) is 11.5 Å². The second-order valence-corrected chi connectivity index (χ2v) is 7.85. The predicted molar refractivity (Wildman–Crippen MR) is 111 cm³/mol. The highest BCUT2D eigenvalue weighted by Crippen LogP contribution is 2.38. The van der Waals surface area contributed by atoms with Crippen molar-refractivity contribution in [1.29, 1.82) is 0 Å². The molecule has 0 bridgehead atoms. The first kappa shape index (κ1) is 21.4.